The van der Waals surface area contributed by atoms with Gasteiger partial charge in [0.25, 0.3) is 0 Å². The molecule has 3 aromatic heterocycles. The summed E-state index contributed by atoms with van der Waals surface area (Å²) in [5.74, 6) is 1.84. The SMILES string of the molecule is c1ccc(-c2nc(-c3ccc(-c4cccnc4)cc3)nc(-c3ccc4c(c3)C3(c5ccccc5-c5ccccc5-4)c4ccccc4-c4cc5oc6ccccc6c5cc43)n2)cc1. The van der Waals surface area contributed by atoms with Crippen LogP contribution in [0.2, 0.25) is 0 Å². The van der Waals surface area contributed by atoms with E-state index < -0.39 is 5.41 Å². The Morgan fingerprint density at radius 3 is 1.56 bits per heavy atom. The first-order valence-electron chi connectivity index (χ1n) is 20.9. The molecule has 0 amide bonds. The Morgan fingerprint density at radius 1 is 0.323 bits per heavy atom. The van der Waals surface area contributed by atoms with Gasteiger partial charge in [-0.2, -0.15) is 0 Å². The molecular formula is C57H34N4O. The Labute approximate surface area is 357 Å². The van der Waals surface area contributed by atoms with Gasteiger partial charge in [0.15, 0.2) is 17.5 Å². The van der Waals surface area contributed by atoms with E-state index in [0.29, 0.717) is 17.5 Å². The Balaban J connectivity index is 1.10. The minimum absolute atomic E-state index is 0.608. The van der Waals surface area contributed by atoms with Crippen LogP contribution in [0.1, 0.15) is 22.3 Å². The first kappa shape index (κ1) is 34.6. The average Bonchev–Trinajstić information content (AvgIpc) is 3.83. The van der Waals surface area contributed by atoms with E-state index in [4.69, 9.17) is 19.4 Å². The number of hydrogen-bond acceptors (Lipinski definition) is 5. The van der Waals surface area contributed by atoms with E-state index in [1.54, 1.807) is 6.20 Å². The Kier molecular flexibility index (Phi) is 7.45. The Morgan fingerprint density at radius 2 is 0.855 bits per heavy atom. The third kappa shape index (κ3) is 5.02. The van der Waals surface area contributed by atoms with Crippen molar-refractivity contribution in [3.8, 4) is 78.7 Å². The lowest BCUT2D eigenvalue weighted by Gasteiger charge is -2.35. The van der Waals surface area contributed by atoms with Crippen molar-refractivity contribution in [3.05, 3.63) is 229 Å². The molecule has 0 saturated carbocycles. The highest BCUT2D eigenvalue weighted by Gasteiger charge is 2.50. The molecule has 0 fully saturated rings. The number of nitrogens with zero attached hydrogens (tertiary/aromatic N) is 4. The lowest BCUT2D eigenvalue weighted by molar-refractivity contribution is 0.668. The zero-order chi connectivity index (χ0) is 40.8. The van der Waals surface area contributed by atoms with Crippen molar-refractivity contribution in [1.82, 2.24) is 19.9 Å². The maximum Gasteiger partial charge on any atom is 0.164 e. The highest BCUT2D eigenvalue weighted by molar-refractivity contribution is 6.09. The first-order chi connectivity index (χ1) is 30.7. The monoisotopic (exact) mass is 790 g/mol. The number of para-hydroxylation sites is 1. The summed E-state index contributed by atoms with van der Waals surface area (Å²) in [4.78, 5) is 20.0. The maximum atomic E-state index is 6.56. The third-order valence-corrected chi connectivity index (χ3v) is 12.9. The number of pyridine rings is 1. The van der Waals surface area contributed by atoms with Gasteiger partial charge >= 0.3 is 0 Å². The third-order valence-electron chi connectivity index (χ3n) is 12.9. The molecule has 13 rings (SSSR count). The molecule has 2 aliphatic rings. The van der Waals surface area contributed by atoms with Gasteiger partial charge in [-0.1, -0.05) is 164 Å². The van der Waals surface area contributed by atoms with Crippen molar-refractivity contribution >= 4 is 21.9 Å². The molecule has 3 heterocycles. The van der Waals surface area contributed by atoms with Gasteiger partial charge in [0, 0.05) is 39.9 Å². The fourth-order valence-electron chi connectivity index (χ4n) is 10.1. The van der Waals surface area contributed by atoms with E-state index in [0.717, 1.165) is 49.8 Å². The van der Waals surface area contributed by atoms with Crippen molar-refractivity contribution in [2.45, 2.75) is 5.41 Å². The quantitative estimate of drug-likeness (QED) is 0.178. The van der Waals surface area contributed by atoms with Crippen molar-refractivity contribution in [1.29, 1.82) is 0 Å². The second-order valence-electron chi connectivity index (χ2n) is 16.1. The van der Waals surface area contributed by atoms with Crippen LogP contribution in [0.4, 0.5) is 0 Å². The molecule has 11 aromatic rings. The average molecular weight is 791 g/mol. The van der Waals surface area contributed by atoms with Gasteiger partial charge in [-0.05, 0) is 97.1 Å². The van der Waals surface area contributed by atoms with E-state index in [-0.39, 0.29) is 0 Å². The van der Waals surface area contributed by atoms with E-state index in [9.17, 15) is 0 Å². The van der Waals surface area contributed by atoms with Crippen molar-refractivity contribution in [2.24, 2.45) is 0 Å². The van der Waals surface area contributed by atoms with Gasteiger partial charge in [0.05, 0.1) is 5.41 Å². The number of fused-ring (bicyclic) bond motifs is 15. The number of rotatable bonds is 4. The predicted octanol–water partition coefficient (Wildman–Crippen LogP) is 13.8. The Bertz CT molecular complexity index is 3580. The van der Waals surface area contributed by atoms with Gasteiger partial charge < -0.3 is 4.42 Å². The first-order valence-corrected chi connectivity index (χ1v) is 20.9. The summed E-state index contributed by atoms with van der Waals surface area (Å²) in [6, 6.07) is 69.2. The van der Waals surface area contributed by atoms with Crippen LogP contribution >= 0.6 is 0 Å². The molecule has 0 bridgehead atoms. The molecule has 1 spiro atoms. The highest BCUT2D eigenvalue weighted by atomic mass is 16.3. The van der Waals surface area contributed by atoms with Crippen LogP contribution in [0.5, 0.6) is 0 Å². The molecule has 0 N–H and O–H groups in total. The van der Waals surface area contributed by atoms with Crippen molar-refractivity contribution in [2.75, 3.05) is 0 Å². The molecule has 5 nitrogen and oxygen atoms in total. The zero-order valence-corrected chi connectivity index (χ0v) is 33.3. The molecule has 5 heteroatoms. The second kappa shape index (κ2) is 13.4. The maximum absolute atomic E-state index is 6.56. The molecule has 0 saturated heterocycles. The fourth-order valence-corrected chi connectivity index (χ4v) is 10.1. The topological polar surface area (TPSA) is 64.7 Å². The lowest BCUT2D eigenvalue weighted by atomic mass is 9.65. The summed E-state index contributed by atoms with van der Waals surface area (Å²) in [5.41, 5.74) is 18.0. The van der Waals surface area contributed by atoms with Gasteiger partial charge in [-0.15, -0.1) is 0 Å². The second-order valence-corrected chi connectivity index (χ2v) is 16.1. The van der Waals surface area contributed by atoms with Crippen molar-refractivity contribution in [3.63, 3.8) is 0 Å². The van der Waals surface area contributed by atoms with E-state index in [1.165, 1.54) is 55.6 Å². The fraction of sp³-hybridized carbons (Fsp3) is 0.0175. The van der Waals surface area contributed by atoms with E-state index >= 15 is 0 Å². The molecule has 0 aliphatic heterocycles. The largest absolute Gasteiger partial charge is 0.456 e. The van der Waals surface area contributed by atoms with E-state index in [1.807, 2.05) is 36.5 Å². The standard InChI is InChI=1S/C57H34N4O/c1-2-13-36(14-3-1)54-59-55(37-26-24-35(25-27-37)39-15-12-30-58-34-39)61-56(60-54)38-28-29-44-41-17-5-4-16-40(41)42-18-6-9-21-48(42)57(50(44)31-38)49-22-10-7-19-43(49)46-33-53-47(32-51(46)57)45-20-8-11-23-52(45)62-53/h1-34H. The van der Waals surface area contributed by atoms with Crippen LogP contribution in [0.25, 0.3) is 101 Å². The minimum atomic E-state index is -0.709. The number of benzene rings is 8. The summed E-state index contributed by atoms with van der Waals surface area (Å²) in [6.07, 6.45) is 3.67. The summed E-state index contributed by atoms with van der Waals surface area (Å²) < 4.78 is 6.56. The van der Waals surface area contributed by atoms with Gasteiger partial charge in [-0.25, -0.2) is 15.0 Å². The number of aromatic nitrogens is 4. The highest BCUT2D eigenvalue weighted by Crippen LogP contribution is 2.62. The van der Waals surface area contributed by atoms with Crippen molar-refractivity contribution < 1.29 is 4.42 Å². The lowest BCUT2D eigenvalue weighted by Crippen LogP contribution is -2.29. The molecule has 62 heavy (non-hydrogen) atoms. The summed E-state index contributed by atoms with van der Waals surface area (Å²) in [7, 11) is 0. The molecule has 1 unspecified atom stereocenters. The molecule has 288 valence electrons. The van der Waals surface area contributed by atoms with Crippen LogP contribution < -0.4 is 0 Å². The van der Waals surface area contributed by atoms with E-state index in [2.05, 4.69) is 169 Å². The number of hydrogen-bond donors (Lipinski definition) is 0. The molecular weight excluding hydrogens is 757 g/mol. The normalized spacial score (nSPS) is 14.5. The van der Waals surface area contributed by atoms with Gasteiger partial charge in [0.2, 0.25) is 0 Å². The minimum Gasteiger partial charge on any atom is -0.456 e. The molecule has 2 aliphatic carbocycles. The van der Waals surface area contributed by atoms with Crippen LogP contribution in [0, 0.1) is 0 Å². The molecule has 8 aromatic carbocycles. The summed E-state index contributed by atoms with van der Waals surface area (Å²) in [6.45, 7) is 0. The number of furan rings is 1. The van der Waals surface area contributed by atoms with Crippen LogP contribution in [0.15, 0.2) is 211 Å². The molecule has 1 atom stereocenters. The summed E-state index contributed by atoms with van der Waals surface area (Å²) >= 11 is 0. The molecule has 0 radical (unpaired) electrons. The predicted molar refractivity (Wildman–Crippen MR) is 248 cm³/mol. The van der Waals surface area contributed by atoms with Crippen LogP contribution in [-0.2, 0) is 5.41 Å². The smallest absolute Gasteiger partial charge is 0.164 e. The Hall–Kier alpha value is -8.28. The zero-order valence-electron chi connectivity index (χ0n) is 33.3. The summed E-state index contributed by atoms with van der Waals surface area (Å²) in [5, 5.41) is 2.21. The van der Waals surface area contributed by atoms with Gasteiger partial charge in [-0.3, -0.25) is 4.98 Å². The van der Waals surface area contributed by atoms with Crippen LogP contribution in [-0.4, -0.2) is 19.9 Å². The van der Waals surface area contributed by atoms with Crippen LogP contribution in [0.3, 0.4) is 0 Å². The van der Waals surface area contributed by atoms with Gasteiger partial charge in [0.1, 0.15) is 11.2 Å².